The van der Waals surface area contributed by atoms with Gasteiger partial charge in [0.15, 0.2) is 0 Å². The smallest absolute Gasteiger partial charge is 0.134 e. The summed E-state index contributed by atoms with van der Waals surface area (Å²) in [6.07, 6.45) is 2.77. The molecule has 3 N–H and O–H groups in total. The van der Waals surface area contributed by atoms with Crippen molar-refractivity contribution in [1.29, 1.82) is 0 Å². The lowest BCUT2D eigenvalue weighted by molar-refractivity contribution is 1.05. The Bertz CT molecular complexity index is 449. The predicted octanol–water partition coefficient (Wildman–Crippen LogP) is 2.85. The molecule has 1 aromatic heterocycles. The minimum absolute atomic E-state index is 0.491. The van der Waals surface area contributed by atoms with Crippen molar-refractivity contribution < 1.29 is 0 Å². The molecule has 3 heteroatoms. The molecule has 0 radical (unpaired) electrons. The molecule has 0 saturated heterocycles. The second-order valence-electron chi connectivity index (χ2n) is 3.85. The van der Waals surface area contributed by atoms with Gasteiger partial charge in [0.25, 0.3) is 0 Å². The lowest BCUT2D eigenvalue weighted by Gasteiger charge is -2.12. The summed E-state index contributed by atoms with van der Waals surface area (Å²) in [4.78, 5) is 4.33. The minimum atomic E-state index is 0.491. The Balaban J connectivity index is 2.31. The first kappa shape index (κ1) is 11.6. The van der Waals surface area contributed by atoms with Crippen LogP contribution < -0.4 is 11.1 Å². The summed E-state index contributed by atoms with van der Waals surface area (Å²) >= 11 is 0. The second-order valence-corrected chi connectivity index (χ2v) is 3.85. The van der Waals surface area contributed by atoms with Crippen molar-refractivity contribution >= 4 is 11.5 Å². The van der Waals surface area contributed by atoms with Crippen LogP contribution >= 0.6 is 0 Å². The van der Waals surface area contributed by atoms with E-state index < -0.39 is 0 Å². The van der Waals surface area contributed by atoms with Crippen LogP contribution in [0.4, 0.5) is 11.5 Å². The number of rotatable bonds is 4. The van der Waals surface area contributed by atoms with Gasteiger partial charge in [-0.15, -0.1) is 0 Å². The molecule has 0 aliphatic heterocycles. The van der Waals surface area contributed by atoms with Gasteiger partial charge in [0, 0.05) is 24.0 Å². The van der Waals surface area contributed by atoms with Gasteiger partial charge in [-0.3, -0.25) is 0 Å². The number of hydrogen-bond acceptors (Lipinski definition) is 3. The summed E-state index contributed by atoms with van der Waals surface area (Å²) in [7, 11) is 0. The maximum absolute atomic E-state index is 5.69. The first-order valence-corrected chi connectivity index (χ1v) is 5.84. The number of nitrogens with two attached hydrogens (primary N) is 1. The van der Waals surface area contributed by atoms with Gasteiger partial charge in [-0.2, -0.15) is 0 Å². The van der Waals surface area contributed by atoms with Crippen LogP contribution in [0.5, 0.6) is 0 Å². The normalized spacial score (nSPS) is 10.2. The highest BCUT2D eigenvalue weighted by Gasteiger charge is 2.04. The van der Waals surface area contributed by atoms with E-state index in [4.69, 9.17) is 5.73 Å². The molecule has 0 bridgehead atoms. The number of pyridine rings is 1. The molecule has 3 nitrogen and oxygen atoms in total. The molecule has 0 aliphatic carbocycles. The first-order chi connectivity index (χ1) is 8.35. The van der Waals surface area contributed by atoms with Gasteiger partial charge in [-0.1, -0.05) is 31.2 Å². The maximum atomic E-state index is 5.69. The Kier molecular flexibility index (Phi) is 3.73. The van der Waals surface area contributed by atoms with Gasteiger partial charge >= 0.3 is 0 Å². The highest BCUT2D eigenvalue weighted by atomic mass is 15.0. The Hall–Kier alpha value is -1.87. The molecule has 0 spiro atoms. The van der Waals surface area contributed by atoms with Crippen molar-refractivity contribution in [3.05, 3.63) is 53.7 Å². The molecule has 0 aliphatic rings. The quantitative estimate of drug-likeness (QED) is 0.844. The second kappa shape index (κ2) is 5.46. The zero-order valence-corrected chi connectivity index (χ0v) is 9.98. The summed E-state index contributed by atoms with van der Waals surface area (Å²) in [6, 6.07) is 12.1. The van der Waals surface area contributed by atoms with Gasteiger partial charge in [-0.05, 0) is 24.1 Å². The molecule has 1 heterocycles. The molecular weight excluding hydrogens is 210 g/mol. The average Bonchev–Trinajstić information content (AvgIpc) is 2.40. The van der Waals surface area contributed by atoms with Crippen molar-refractivity contribution in [3.63, 3.8) is 0 Å². The van der Waals surface area contributed by atoms with Gasteiger partial charge in [0.2, 0.25) is 0 Å². The number of aryl methyl sites for hydroxylation is 1. The number of nitrogens with zero attached hydrogens (tertiary/aromatic N) is 1. The van der Waals surface area contributed by atoms with E-state index in [1.54, 1.807) is 6.20 Å². The highest BCUT2D eigenvalue weighted by Crippen LogP contribution is 2.21. The van der Waals surface area contributed by atoms with Crippen LogP contribution in [0.3, 0.4) is 0 Å². The summed E-state index contributed by atoms with van der Waals surface area (Å²) in [6.45, 7) is 2.63. The molecule has 0 fully saturated rings. The highest BCUT2D eigenvalue weighted by molar-refractivity contribution is 5.62. The summed E-state index contributed by atoms with van der Waals surface area (Å²) < 4.78 is 0. The summed E-state index contributed by atoms with van der Waals surface area (Å²) in [5.74, 6) is 0.843. The van der Waals surface area contributed by atoms with E-state index >= 15 is 0 Å². The molecule has 88 valence electrons. The Morgan fingerprint density at radius 3 is 2.65 bits per heavy atom. The maximum Gasteiger partial charge on any atom is 0.134 e. The fourth-order valence-corrected chi connectivity index (χ4v) is 1.79. The molecule has 0 unspecified atom stereocenters. The topological polar surface area (TPSA) is 50.9 Å². The van der Waals surface area contributed by atoms with Crippen molar-refractivity contribution in [2.24, 2.45) is 5.73 Å². The number of anilines is 2. The van der Waals surface area contributed by atoms with Gasteiger partial charge in [0.1, 0.15) is 5.82 Å². The number of para-hydroxylation sites is 1. The molecule has 2 rings (SSSR count). The predicted molar refractivity (Wildman–Crippen MR) is 71.2 cm³/mol. The molecule has 0 saturated carbocycles. The Morgan fingerprint density at radius 1 is 1.12 bits per heavy atom. The van der Waals surface area contributed by atoms with Crippen LogP contribution in [-0.4, -0.2) is 4.98 Å². The Morgan fingerprint density at radius 2 is 1.88 bits per heavy atom. The van der Waals surface area contributed by atoms with Gasteiger partial charge in [-0.25, -0.2) is 4.98 Å². The van der Waals surface area contributed by atoms with Crippen LogP contribution in [-0.2, 0) is 13.0 Å². The molecule has 0 atom stereocenters. The zero-order chi connectivity index (χ0) is 12.1. The lowest BCUT2D eigenvalue weighted by Crippen LogP contribution is -2.04. The first-order valence-electron chi connectivity index (χ1n) is 5.84. The van der Waals surface area contributed by atoms with Crippen molar-refractivity contribution in [2.45, 2.75) is 19.9 Å². The lowest BCUT2D eigenvalue weighted by atomic mass is 10.1. The third-order valence-corrected chi connectivity index (χ3v) is 2.76. The number of hydrogen-bond donors (Lipinski definition) is 2. The fraction of sp³-hybridized carbons (Fsp3) is 0.214. The number of benzene rings is 1. The van der Waals surface area contributed by atoms with Crippen LogP contribution in [0, 0.1) is 0 Å². The van der Waals surface area contributed by atoms with Gasteiger partial charge < -0.3 is 11.1 Å². The molecule has 17 heavy (non-hydrogen) atoms. The van der Waals surface area contributed by atoms with E-state index in [9.17, 15) is 0 Å². The number of aromatic nitrogens is 1. The van der Waals surface area contributed by atoms with E-state index in [0.29, 0.717) is 6.54 Å². The summed E-state index contributed by atoms with van der Waals surface area (Å²) in [5.41, 5.74) is 9.10. The number of nitrogens with one attached hydrogen (secondary N) is 1. The third kappa shape index (κ3) is 2.63. The Labute approximate surface area is 102 Å². The van der Waals surface area contributed by atoms with Crippen LogP contribution in [0.2, 0.25) is 0 Å². The third-order valence-electron chi connectivity index (χ3n) is 2.76. The van der Waals surface area contributed by atoms with E-state index in [2.05, 4.69) is 29.4 Å². The monoisotopic (exact) mass is 227 g/mol. The zero-order valence-electron chi connectivity index (χ0n) is 9.98. The van der Waals surface area contributed by atoms with Crippen LogP contribution in [0.15, 0.2) is 42.6 Å². The van der Waals surface area contributed by atoms with E-state index in [0.717, 1.165) is 23.5 Å². The van der Waals surface area contributed by atoms with Crippen molar-refractivity contribution in [3.8, 4) is 0 Å². The minimum Gasteiger partial charge on any atom is -0.340 e. The van der Waals surface area contributed by atoms with E-state index in [-0.39, 0.29) is 0 Å². The van der Waals surface area contributed by atoms with Crippen molar-refractivity contribution in [1.82, 2.24) is 4.98 Å². The SMILES string of the molecule is CCc1ccccc1Nc1ncccc1CN. The summed E-state index contributed by atoms with van der Waals surface area (Å²) in [5, 5.41) is 3.35. The largest absolute Gasteiger partial charge is 0.340 e. The molecule has 0 amide bonds. The fourth-order valence-electron chi connectivity index (χ4n) is 1.79. The molecule has 1 aromatic carbocycles. The van der Waals surface area contributed by atoms with Crippen LogP contribution in [0.1, 0.15) is 18.1 Å². The molecular formula is C14H17N3. The average molecular weight is 227 g/mol. The van der Waals surface area contributed by atoms with Crippen molar-refractivity contribution in [2.75, 3.05) is 5.32 Å². The molecule has 2 aromatic rings. The van der Waals surface area contributed by atoms with Crippen LogP contribution in [0.25, 0.3) is 0 Å². The standard InChI is InChI=1S/C14H17N3/c1-2-11-6-3-4-8-13(11)17-14-12(10-15)7-5-9-16-14/h3-9H,2,10,15H2,1H3,(H,16,17). The van der Waals surface area contributed by atoms with E-state index in [1.807, 2.05) is 24.3 Å². The van der Waals surface area contributed by atoms with E-state index in [1.165, 1.54) is 5.56 Å². The van der Waals surface area contributed by atoms with Gasteiger partial charge in [0.05, 0.1) is 0 Å².